The van der Waals surface area contributed by atoms with E-state index in [9.17, 15) is 14.4 Å². The van der Waals surface area contributed by atoms with Crippen LogP contribution in [0, 0.1) is 0 Å². The number of carbonyl (C=O) groups excluding carboxylic acids is 3. The van der Waals surface area contributed by atoms with E-state index >= 15 is 0 Å². The van der Waals surface area contributed by atoms with Crippen molar-refractivity contribution in [2.45, 2.75) is 374 Å². The van der Waals surface area contributed by atoms with Gasteiger partial charge >= 0.3 is 17.9 Å². The molecule has 0 rings (SSSR count). The number of rotatable bonds is 66. The largest absolute Gasteiger partial charge is 0.462 e. The quantitative estimate of drug-likeness (QED) is 0.0261. The average Bonchev–Trinajstić information content (AvgIpc) is 3.50. The topological polar surface area (TPSA) is 78.9 Å². The third kappa shape index (κ3) is 69.3. The Morgan fingerprint density at radius 2 is 0.470 bits per heavy atom. The van der Waals surface area contributed by atoms with Gasteiger partial charge in [-0.3, -0.25) is 14.4 Å². The summed E-state index contributed by atoms with van der Waals surface area (Å²) in [5, 5.41) is 0. The van der Waals surface area contributed by atoms with Gasteiger partial charge in [0.05, 0.1) is 0 Å². The fourth-order valence-electron chi connectivity index (χ4n) is 10.5. The van der Waals surface area contributed by atoms with Crippen molar-refractivity contribution in [2.75, 3.05) is 13.2 Å². The highest BCUT2D eigenvalue weighted by molar-refractivity contribution is 5.71. The molecule has 0 amide bonds. The summed E-state index contributed by atoms with van der Waals surface area (Å²) < 4.78 is 16.9. The third-order valence-electron chi connectivity index (χ3n) is 15.9. The average molecular weight is 1160 g/mol. The van der Waals surface area contributed by atoms with E-state index < -0.39 is 6.10 Å². The molecule has 0 aliphatic carbocycles. The molecule has 0 aromatic heterocycles. The smallest absolute Gasteiger partial charge is 0.306 e. The fourth-order valence-corrected chi connectivity index (χ4v) is 10.5. The van der Waals surface area contributed by atoms with Crippen LogP contribution in [-0.4, -0.2) is 37.2 Å². The Balaban J connectivity index is 4.12. The summed E-state index contributed by atoms with van der Waals surface area (Å²) in [5.74, 6) is -0.900. The van der Waals surface area contributed by atoms with Crippen LogP contribution in [0.1, 0.15) is 367 Å². The van der Waals surface area contributed by atoms with Gasteiger partial charge in [0.2, 0.25) is 0 Å². The molecule has 0 saturated carbocycles. The standard InChI is InChI=1S/C77H136O6/c1-4-7-10-13-16-19-22-25-28-29-30-31-32-33-34-35-36-37-38-39-40-41-42-43-44-45-46-47-50-52-55-58-61-64-67-70-76(79)82-73-74(83-77(80)71-68-65-62-59-56-53-49-27-24-21-18-15-12-9-6-3)72-81-75(78)69-66-63-60-57-54-51-48-26-23-20-17-14-11-8-5-2/h9,12,17-18,20-22,25-27,29-30,48-49,74H,4-8,10-11,13-16,19,23-24,28,31-47,50-73H2,1-3H3/b12-9-,20-17-,21-18-,25-22-,30-29-,48-26-,49-27-. The maximum atomic E-state index is 12.9. The summed E-state index contributed by atoms with van der Waals surface area (Å²) in [4.78, 5) is 38.4. The summed E-state index contributed by atoms with van der Waals surface area (Å²) in [7, 11) is 0. The van der Waals surface area contributed by atoms with Crippen LogP contribution < -0.4 is 0 Å². The van der Waals surface area contributed by atoms with Crippen molar-refractivity contribution >= 4 is 17.9 Å². The van der Waals surface area contributed by atoms with Crippen molar-refractivity contribution in [3.05, 3.63) is 85.1 Å². The first kappa shape index (κ1) is 79.6. The predicted octanol–water partition coefficient (Wildman–Crippen LogP) is 25.0. The van der Waals surface area contributed by atoms with Gasteiger partial charge in [-0.05, 0) is 116 Å². The lowest BCUT2D eigenvalue weighted by Crippen LogP contribution is -2.30. The van der Waals surface area contributed by atoms with Crippen molar-refractivity contribution < 1.29 is 28.6 Å². The molecule has 6 nitrogen and oxygen atoms in total. The van der Waals surface area contributed by atoms with E-state index in [4.69, 9.17) is 14.2 Å². The minimum Gasteiger partial charge on any atom is -0.462 e. The highest BCUT2D eigenvalue weighted by Gasteiger charge is 2.19. The first-order valence-electron chi connectivity index (χ1n) is 36.1. The van der Waals surface area contributed by atoms with Gasteiger partial charge < -0.3 is 14.2 Å². The van der Waals surface area contributed by atoms with E-state index in [2.05, 4.69) is 106 Å². The van der Waals surface area contributed by atoms with Gasteiger partial charge in [-0.25, -0.2) is 0 Å². The molecule has 83 heavy (non-hydrogen) atoms. The van der Waals surface area contributed by atoms with E-state index in [1.54, 1.807) is 0 Å². The van der Waals surface area contributed by atoms with E-state index in [0.717, 1.165) is 122 Å². The van der Waals surface area contributed by atoms with Crippen LogP contribution in [-0.2, 0) is 28.6 Å². The number of hydrogen-bond acceptors (Lipinski definition) is 6. The van der Waals surface area contributed by atoms with Gasteiger partial charge in [-0.2, -0.15) is 0 Å². The minimum atomic E-state index is -0.791. The van der Waals surface area contributed by atoms with Gasteiger partial charge in [0.25, 0.3) is 0 Å². The van der Waals surface area contributed by atoms with Crippen LogP contribution in [0.4, 0.5) is 0 Å². The molecule has 480 valence electrons. The van der Waals surface area contributed by atoms with Crippen LogP contribution >= 0.6 is 0 Å². The van der Waals surface area contributed by atoms with Gasteiger partial charge in [-0.15, -0.1) is 0 Å². The molecule has 0 N–H and O–H groups in total. The molecule has 0 heterocycles. The van der Waals surface area contributed by atoms with Crippen molar-refractivity contribution in [1.29, 1.82) is 0 Å². The molecule has 6 heteroatoms. The van der Waals surface area contributed by atoms with E-state index in [-0.39, 0.29) is 31.1 Å². The maximum absolute atomic E-state index is 12.9. The molecule has 0 aliphatic rings. The molecular weight excluding hydrogens is 1020 g/mol. The summed E-state index contributed by atoms with van der Waals surface area (Å²) in [5.41, 5.74) is 0. The summed E-state index contributed by atoms with van der Waals surface area (Å²) in [6.45, 7) is 6.51. The highest BCUT2D eigenvalue weighted by atomic mass is 16.6. The lowest BCUT2D eigenvalue weighted by atomic mass is 10.0. The molecule has 0 aliphatic heterocycles. The van der Waals surface area contributed by atoms with E-state index in [1.807, 2.05) is 0 Å². The van der Waals surface area contributed by atoms with Gasteiger partial charge in [-0.1, -0.05) is 318 Å². The van der Waals surface area contributed by atoms with Gasteiger partial charge in [0.15, 0.2) is 6.10 Å². The second-order valence-electron chi connectivity index (χ2n) is 24.1. The summed E-state index contributed by atoms with van der Waals surface area (Å²) >= 11 is 0. The Kier molecular flexibility index (Phi) is 68.2. The van der Waals surface area contributed by atoms with Gasteiger partial charge in [0.1, 0.15) is 13.2 Å². The van der Waals surface area contributed by atoms with Gasteiger partial charge in [0, 0.05) is 19.3 Å². The number of esters is 3. The molecule has 1 atom stereocenters. The maximum Gasteiger partial charge on any atom is 0.306 e. The zero-order chi connectivity index (χ0) is 59.9. The Morgan fingerprint density at radius 1 is 0.253 bits per heavy atom. The number of carbonyl (C=O) groups is 3. The van der Waals surface area contributed by atoms with Crippen molar-refractivity contribution in [1.82, 2.24) is 0 Å². The molecule has 0 aromatic carbocycles. The molecule has 0 saturated heterocycles. The van der Waals surface area contributed by atoms with E-state index in [0.29, 0.717) is 19.3 Å². The van der Waals surface area contributed by atoms with Crippen molar-refractivity contribution in [2.24, 2.45) is 0 Å². The third-order valence-corrected chi connectivity index (χ3v) is 15.9. The Morgan fingerprint density at radius 3 is 0.759 bits per heavy atom. The minimum absolute atomic E-state index is 0.0850. The SMILES string of the molecule is CC/C=C\C/C=C\C/C=C\CCCCCCCC(=O)OC(COC(=O)CCCCCCC/C=C\C/C=C\CCCCC)COC(=O)CCCCCCCCCCCCCCCCCCCCCCCCC/C=C\C/C=C\CCCCCCC. The lowest BCUT2D eigenvalue weighted by molar-refractivity contribution is -0.167. The normalized spacial score (nSPS) is 12.6. The number of ether oxygens (including phenoxy) is 3. The van der Waals surface area contributed by atoms with Crippen LogP contribution in [0.15, 0.2) is 85.1 Å². The molecule has 0 spiro atoms. The number of allylic oxidation sites excluding steroid dienone is 14. The summed E-state index contributed by atoms with van der Waals surface area (Å²) in [6.07, 6.45) is 94.9. The van der Waals surface area contributed by atoms with Crippen molar-refractivity contribution in [3.8, 4) is 0 Å². The predicted molar refractivity (Wildman–Crippen MR) is 362 cm³/mol. The molecule has 1 unspecified atom stereocenters. The fraction of sp³-hybridized carbons (Fsp3) is 0.779. The van der Waals surface area contributed by atoms with Crippen LogP contribution in [0.2, 0.25) is 0 Å². The molecule has 0 aromatic rings. The molecule has 0 fully saturated rings. The lowest BCUT2D eigenvalue weighted by Gasteiger charge is -2.18. The first-order chi connectivity index (χ1) is 41.0. The first-order valence-corrected chi connectivity index (χ1v) is 36.1. The Hall–Kier alpha value is -3.41. The zero-order valence-electron chi connectivity index (χ0n) is 55.2. The van der Waals surface area contributed by atoms with Crippen LogP contribution in [0.5, 0.6) is 0 Å². The number of hydrogen-bond donors (Lipinski definition) is 0. The van der Waals surface area contributed by atoms with E-state index in [1.165, 1.54) is 205 Å². The Bertz CT molecular complexity index is 1570. The number of unbranched alkanes of at least 4 members (excludes halogenated alkanes) is 41. The monoisotopic (exact) mass is 1160 g/mol. The van der Waals surface area contributed by atoms with Crippen molar-refractivity contribution in [3.63, 3.8) is 0 Å². The zero-order valence-corrected chi connectivity index (χ0v) is 55.2. The molecule has 0 bridgehead atoms. The second-order valence-corrected chi connectivity index (χ2v) is 24.1. The van der Waals surface area contributed by atoms with Crippen LogP contribution in [0.25, 0.3) is 0 Å². The summed E-state index contributed by atoms with van der Waals surface area (Å²) in [6, 6.07) is 0. The second kappa shape index (κ2) is 71.1. The molecule has 0 radical (unpaired) electrons. The Labute approximate surface area is 515 Å². The highest BCUT2D eigenvalue weighted by Crippen LogP contribution is 2.18. The molecular formula is C77H136O6. The van der Waals surface area contributed by atoms with Crippen LogP contribution in [0.3, 0.4) is 0 Å².